The molecular weight excluding hydrogens is 174 g/mol. The van der Waals surface area contributed by atoms with Gasteiger partial charge < -0.3 is 5.32 Å². The van der Waals surface area contributed by atoms with Crippen LogP contribution in [-0.4, -0.2) is 17.8 Å². The van der Waals surface area contributed by atoms with Crippen molar-refractivity contribution in [2.45, 2.75) is 44.9 Å². The summed E-state index contributed by atoms with van der Waals surface area (Å²) < 4.78 is 0. The van der Waals surface area contributed by atoms with E-state index >= 15 is 0 Å². The molecule has 0 aliphatic heterocycles. The van der Waals surface area contributed by atoms with E-state index in [9.17, 15) is 4.79 Å². The number of amides is 1. The number of halogens is 1. The molecule has 1 unspecified atom stereocenters. The van der Waals surface area contributed by atoms with Gasteiger partial charge in [-0.25, -0.2) is 0 Å². The van der Waals surface area contributed by atoms with Crippen molar-refractivity contribution in [2.75, 3.05) is 6.54 Å². The fourth-order valence-electron chi connectivity index (χ4n) is 0.795. The van der Waals surface area contributed by atoms with Gasteiger partial charge in [-0.15, -0.1) is 11.6 Å². The topological polar surface area (TPSA) is 29.1 Å². The van der Waals surface area contributed by atoms with Crippen LogP contribution in [0.3, 0.4) is 0 Å². The van der Waals surface area contributed by atoms with E-state index in [0.29, 0.717) is 13.0 Å². The number of hydrogen-bond donors (Lipinski definition) is 1. The van der Waals surface area contributed by atoms with Crippen LogP contribution in [0.1, 0.15) is 39.5 Å². The van der Waals surface area contributed by atoms with Crippen LogP contribution in [0.5, 0.6) is 0 Å². The molecule has 0 bridgehead atoms. The predicted molar refractivity (Wildman–Crippen MR) is 52.5 cm³/mol. The Labute approximate surface area is 79.7 Å². The summed E-state index contributed by atoms with van der Waals surface area (Å²) in [5, 5.41) is 2.88. The molecule has 0 spiro atoms. The highest BCUT2D eigenvalue weighted by molar-refractivity contribution is 6.20. The van der Waals surface area contributed by atoms with Crippen LogP contribution in [0, 0.1) is 0 Å². The van der Waals surface area contributed by atoms with E-state index in [2.05, 4.69) is 12.2 Å². The Bertz CT molecular complexity index is 128. The molecule has 1 atom stereocenters. The van der Waals surface area contributed by atoms with Gasteiger partial charge in [-0.3, -0.25) is 4.79 Å². The molecule has 0 rings (SSSR count). The number of carbonyl (C=O) groups excluding carboxylic acids is 1. The maximum atomic E-state index is 11.1. The predicted octanol–water partition coefficient (Wildman–Crippen LogP) is 2.31. The maximum absolute atomic E-state index is 11.1. The Morgan fingerprint density at radius 3 is 2.67 bits per heavy atom. The summed E-state index contributed by atoms with van der Waals surface area (Å²) >= 11 is 5.83. The minimum absolute atomic E-state index is 0.0792. The molecule has 0 aromatic heterocycles. The van der Waals surface area contributed by atoms with E-state index in [4.69, 9.17) is 11.6 Å². The van der Waals surface area contributed by atoms with Gasteiger partial charge in [0.1, 0.15) is 0 Å². The standard InChI is InChI=1S/C9H18ClNO/c1-3-5-6-9(12)11-7-8(10)4-2/h8H,3-7H2,1-2H3,(H,11,12). The first kappa shape index (κ1) is 11.8. The van der Waals surface area contributed by atoms with Crippen LogP contribution in [0.2, 0.25) is 0 Å². The molecule has 0 saturated heterocycles. The van der Waals surface area contributed by atoms with Crippen LogP contribution in [0.25, 0.3) is 0 Å². The van der Waals surface area contributed by atoms with Crippen molar-refractivity contribution in [3.63, 3.8) is 0 Å². The third kappa shape index (κ3) is 6.47. The molecule has 72 valence electrons. The summed E-state index contributed by atoms with van der Waals surface area (Å²) in [7, 11) is 0. The fraction of sp³-hybridized carbons (Fsp3) is 0.889. The maximum Gasteiger partial charge on any atom is 0.220 e. The fourth-order valence-corrected chi connectivity index (χ4v) is 0.872. The van der Waals surface area contributed by atoms with Gasteiger partial charge >= 0.3 is 0 Å². The van der Waals surface area contributed by atoms with Crippen LogP contribution in [0.15, 0.2) is 0 Å². The first-order chi connectivity index (χ1) is 5.70. The average Bonchev–Trinajstić information content (AvgIpc) is 2.10. The largest absolute Gasteiger partial charge is 0.355 e. The van der Waals surface area contributed by atoms with Crippen LogP contribution >= 0.6 is 11.6 Å². The van der Waals surface area contributed by atoms with E-state index in [1.165, 1.54) is 0 Å². The monoisotopic (exact) mass is 191 g/mol. The lowest BCUT2D eigenvalue weighted by atomic mass is 10.2. The highest BCUT2D eigenvalue weighted by Gasteiger charge is 2.03. The molecule has 0 aliphatic rings. The summed E-state index contributed by atoms with van der Waals surface area (Å²) in [6.45, 7) is 4.68. The van der Waals surface area contributed by atoms with Gasteiger partial charge in [0.25, 0.3) is 0 Å². The van der Waals surface area contributed by atoms with Crippen molar-refractivity contribution in [1.29, 1.82) is 0 Å². The van der Waals surface area contributed by atoms with Gasteiger partial charge in [0.2, 0.25) is 5.91 Å². The third-order valence-corrected chi connectivity index (χ3v) is 2.18. The molecular formula is C9H18ClNO. The number of hydrogen-bond acceptors (Lipinski definition) is 1. The number of rotatable bonds is 6. The van der Waals surface area contributed by atoms with Crippen LogP contribution in [0.4, 0.5) is 0 Å². The third-order valence-electron chi connectivity index (χ3n) is 1.72. The first-order valence-corrected chi connectivity index (χ1v) is 5.05. The van der Waals surface area contributed by atoms with Crippen LogP contribution < -0.4 is 5.32 Å². The Kier molecular flexibility index (Phi) is 7.26. The molecule has 3 heteroatoms. The molecule has 0 heterocycles. The van der Waals surface area contributed by atoms with E-state index < -0.39 is 0 Å². The zero-order valence-electron chi connectivity index (χ0n) is 7.90. The quantitative estimate of drug-likeness (QED) is 0.642. The Morgan fingerprint density at radius 1 is 1.50 bits per heavy atom. The van der Waals surface area contributed by atoms with Gasteiger partial charge in [0.15, 0.2) is 0 Å². The van der Waals surface area contributed by atoms with Crippen molar-refractivity contribution >= 4 is 17.5 Å². The number of unbranched alkanes of at least 4 members (excludes halogenated alkanes) is 1. The van der Waals surface area contributed by atoms with Crippen molar-refractivity contribution < 1.29 is 4.79 Å². The number of alkyl halides is 1. The molecule has 1 N–H and O–H groups in total. The van der Waals surface area contributed by atoms with E-state index in [1.807, 2.05) is 6.92 Å². The minimum Gasteiger partial charge on any atom is -0.355 e. The van der Waals surface area contributed by atoms with Gasteiger partial charge in [-0.2, -0.15) is 0 Å². The zero-order chi connectivity index (χ0) is 9.40. The number of carbonyl (C=O) groups is 1. The lowest BCUT2D eigenvalue weighted by molar-refractivity contribution is -0.121. The molecule has 0 aromatic rings. The Balaban J connectivity index is 3.31. The van der Waals surface area contributed by atoms with Gasteiger partial charge in [0.05, 0.1) is 5.38 Å². The highest BCUT2D eigenvalue weighted by atomic mass is 35.5. The summed E-state index contributed by atoms with van der Waals surface area (Å²) in [5.41, 5.74) is 0. The molecule has 0 aromatic carbocycles. The highest BCUT2D eigenvalue weighted by Crippen LogP contribution is 1.99. The van der Waals surface area contributed by atoms with Crippen LogP contribution in [-0.2, 0) is 4.79 Å². The Morgan fingerprint density at radius 2 is 2.17 bits per heavy atom. The summed E-state index contributed by atoms with van der Waals surface area (Å²) in [4.78, 5) is 11.1. The van der Waals surface area contributed by atoms with Gasteiger partial charge in [0, 0.05) is 13.0 Å². The van der Waals surface area contributed by atoms with E-state index in [1.54, 1.807) is 0 Å². The SMILES string of the molecule is CCCCC(=O)NCC(Cl)CC. The Hall–Kier alpha value is -0.240. The van der Waals surface area contributed by atoms with Gasteiger partial charge in [-0.1, -0.05) is 20.3 Å². The molecule has 0 fully saturated rings. The zero-order valence-corrected chi connectivity index (χ0v) is 8.66. The summed E-state index contributed by atoms with van der Waals surface area (Å²) in [5.74, 6) is 0.121. The van der Waals surface area contributed by atoms with E-state index in [0.717, 1.165) is 19.3 Å². The molecule has 0 radical (unpaired) electrons. The summed E-state index contributed by atoms with van der Waals surface area (Å²) in [6, 6.07) is 0. The smallest absolute Gasteiger partial charge is 0.220 e. The molecule has 0 saturated carbocycles. The normalized spacial score (nSPS) is 12.6. The second-order valence-corrected chi connectivity index (χ2v) is 3.53. The second-order valence-electron chi connectivity index (χ2n) is 2.91. The van der Waals surface area contributed by atoms with Crippen molar-refractivity contribution in [3.05, 3.63) is 0 Å². The summed E-state index contributed by atoms with van der Waals surface area (Å²) in [6.07, 6.45) is 3.55. The lowest BCUT2D eigenvalue weighted by Gasteiger charge is -2.07. The molecule has 2 nitrogen and oxygen atoms in total. The second kappa shape index (κ2) is 7.41. The van der Waals surface area contributed by atoms with Crippen molar-refractivity contribution in [1.82, 2.24) is 5.32 Å². The molecule has 1 amide bonds. The first-order valence-electron chi connectivity index (χ1n) is 4.61. The molecule has 0 aliphatic carbocycles. The van der Waals surface area contributed by atoms with Crippen molar-refractivity contribution in [2.24, 2.45) is 0 Å². The van der Waals surface area contributed by atoms with Crippen molar-refractivity contribution in [3.8, 4) is 0 Å². The van der Waals surface area contributed by atoms with E-state index in [-0.39, 0.29) is 11.3 Å². The number of nitrogens with one attached hydrogen (secondary N) is 1. The molecule has 12 heavy (non-hydrogen) atoms. The lowest BCUT2D eigenvalue weighted by Crippen LogP contribution is -2.29. The minimum atomic E-state index is 0.0792. The average molecular weight is 192 g/mol. The van der Waals surface area contributed by atoms with Gasteiger partial charge in [-0.05, 0) is 12.8 Å².